The fourth-order valence-electron chi connectivity index (χ4n) is 3.82. The zero-order valence-electron chi connectivity index (χ0n) is 16.6. The average molecular weight is 386 g/mol. The molecule has 0 spiro atoms. The van der Waals surface area contributed by atoms with E-state index in [4.69, 9.17) is 0 Å². The van der Waals surface area contributed by atoms with Crippen molar-refractivity contribution in [3.63, 3.8) is 0 Å². The van der Waals surface area contributed by atoms with Crippen molar-refractivity contribution >= 4 is 39.2 Å². The molecule has 0 heterocycles. The predicted molar refractivity (Wildman–Crippen MR) is 128 cm³/mol. The zero-order valence-corrected chi connectivity index (χ0v) is 16.6. The van der Waals surface area contributed by atoms with Crippen molar-refractivity contribution < 1.29 is 0 Å². The molecule has 0 fully saturated rings. The highest BCUT2D eigenvalue weighted by molar-refractivity contribution is 5.99. The summed E-state index contributed by atoms with van der Waals surface area (Å²) in [4.78, 5) is 2.32. The molecule has 0 saturated carbocycles. The average Bonchev–Trinajstić information content (AvgIpc) is 2.81. The van der Waals surface area contributed by atoms with E-state index in [9.17, 15) is 0 Å². The standard InChI is InChI=1S/C28H22N2/c1-3-13-23(14-4-1)29-24-15-10-18-26(21-24)30(25-16-5-2-6-17-25)28-20-9-12-22-11-7-8-19-27(22)28/h1-21,29H. The molecular formula is C28H22N2. The molecule has 2 nitrogen and oxygen atoms in total. The van der Waals surface area contributed by atoms with Gasteiger partial charge in [-0.15, -0.1) is 0 Å². The van der Waals surface area contributed by atoms with E-state index >= 15 is 0 Å². The summed E-state index contributed by atoms with van der Waals surface area (Å²) >= 11 is 0. The number of hydrogen-bond donors (Lipinski definition) is 1. The Kier molecular flexibility index (Phi) is 4.89. The number of rotatable bonds is 5. The number of anilines is 5. The molecule has 0 amide bonds. The normalized spacial score (nSPS) is 10.7. The van der Waals surface area contributed by atoms with E-state index in [1.54, 1.807) is 0 Å². The summed E-state index contributed by atoms with van der Waals surface area (Å²) in [6.45, 7) is 0. The first-order valence-electron chi connectivity index (χ1n) is 10.1. The van der Waals surface area contributed by atoms with Gasteiger partial charge in [0.15, 0.2) is 0 Å². The van der Waals surface area contributed by atoms with E-state index in [0.717, 1.165) is 28.4 Å². The van der Waals surface area contributed by atoms with Crippen LogP contribution in [0.3, 0.4) is 0 Å². The van der Waals surface area contributed by atoms with E-state index in [2.05, 4.69) is 119 Å². The minimum atomic E-state index is 1.06. The molecule has 5 rings (SSSR count). The molecule has 0 aromatic heterocycles. The highest BCUT2D eigenvalue weighted by Gasteiger charge is 2.15. The first-order chi connectivity index (χ1) is 14.9. The van der Waals surface area contributed by atoms with Crippen LogP contribution < -0.4 is 10.2 Å². The lowest BCUT2D eigenvalue weighted by atomic mass is 10.1. The Morgan fingerprint density at radius 1 is 0.467 bits per heavy atom. The van der Waals surface area contributed by atoms with Crippen LogP contribution in [0, 0.1) is 0 Å². The molecule has 0 aliphatic rings. The Balaban J connectivity index is 1.64. The molecule has 144 valence electrons. The second kappa shape index (κ2) is 8.14. The third kappa shape index (κ3) is 3.63. The van der Waals surface area contributed by atoms with Crippen LogP contribution in [-0.2, 0) is 0 Å². The Bertz CT molecular complexity index is 1260. The van der Waals surface area contributed by atoms with Crippen molar-refractivity contribution in [3.8, 4) is 0 Å². The van der Waals surface area contributed by atoms with Gasteiger partial charge in [0.05, 0.1) is 5.69 Å². The summed E-state index contributed by atoms with van der Waals surface area (Å²) in [6, 6.07) is 44.3. The van der Waals surface area contributed by atoms with E-state index < -0.39 is 0 Å². The van der Waals surface area contributed by atoms with Crippen molar-refractivity contribution in [2.75, 3.05) is 10.2 Å². The third-order valence-electron chi connectivity index (χ3n) is 5.19. The van der Waals surface area contributed by atoms with Crippen molar-refractivity contribution in [1.82, 2.24) is 0 Å². The fraction of sp³-hybridized carbons (Fsp3) is 0. The number of para-hydroxylation sites is 2. The third-order valence-corrected chi connectivity index (χ3v) is 5.19. The smallest absolute Gasteiger partial charge is 0.0540 e. The summed E-state index contributed by atoms with van der Waals surface area (Å²) in [5, 5.41) is 5.97. The molecule has 0 aliphatic heterocycles. The second-order valence-corrected chi connectivity index (χ2v) is 7.21. The summed E-state index contributed by atoms with van der Waals surface area (Å²) < 4.78 is 0. The molecule has 0 aliphatic carbocycles. The van der Waals surface area contributed by atoms with Gasteiger partial charge in [-0.25, -0.2) is 0 Å². The highest BCUT2D eigenvalue weighted by Crippen LogP contribution is 2.39. The molecule has 30 heavy (non-hydrogen) atoms. The minimum Gasteiger partial charge on any atom is -0.355 e. The summed E-state index contributed by atoms with van der Waals surface area (Å²) in [5.74, 6) is 0. The lowest BCUT2D eigenvalue weighted by Gasteiger charge is -2.27. The van der Waals surface area contributed by atoms with Gasteiger partial charge in [-0.3, -0.25) is 0 Å². The molecule has 0 radical (unpaired) electrons. The molecule has 2 heteroatoms. The van der Waals surface area contributed by atoms with Crippen molar-refractivity contribution in [3.05, 3.63) is 127 Å². The Hall–Kier alpha value is -4.04. The number of fused-ring (bicyclic) bond motifs is 1. The lowest BCUT2D eigenvalue weighted by molar-refractivity contribution is 1.30. The topological polar surface area (TPSA) is 15.3 Å². The molecule has 0 saturated heterocycles. The predicted octanol–water partition coefficient (Wildman–Crippen LogP) is 8.05. The first kappa shape index (κ1) is 18.0. The highest BCUT2D eigenvalue weighted by atomic mass is 15.1. The summed E-state index contributed by atoms with van der Waals surface area (Å²) in [6.07, 6.45) is 0. The van der Waals surface area contributed by atoms with Crippen LogP contribution in [0.15, 0.2) is 127 Å². The summed E-state index contributed by atoms with van der Waals surface area (Å²) in [7, 11) is 0. The van der Waals surface area contributed by atoms with Gasteiger partial charge in [0.1, 0.15) is 0 Å². The van der Waals surface area contributed by atoms with Gasteiger partial charge in [0, 0.05) is 28.1 Å². The fourth-order valence-corrected chi connectivity index (χ4v) is 3.82. The largest absolute Gasteiger partial charge is 0.355 e. The van der Waals surface area contributed by atoms with E-state index in [0.29, 0.717) is 0 Å². The summed E-state index contributed by atoms with van der Waals surface area (Å²) in [5.41, 5.74) is 5.53. The quantitative estimate of drug-likeness (QED) is 0.329. The van der Waals surface area contributed by atoms with Gasteiger partial charge in [0.25, 0.3) is 0 Å². The monoisotopic (exact) mass is 386 g/mol. The van der Waals surface area contributed by atoms with Crippen molar-refractivity contribution in [2.24, 2.45) is 0 Å². The Morgan fingerprint density at radius 2 is 1.07 bits per heavy atom. The minimum absolute atomic E-state index is 1.06. The second-order valence-electron chi connectivity index (χ2n) is 7.21. The van der Waals surface area contributed by atoms with E-state index in [1.165, 1.54) is 10.8 Å². The number of nitrogens with zero attached hydrogens (tertiary/aromatic N) is 1. The van der Waals surface area contributed by atoms with Crippen LogP contribution in [0.1, 0.15) is 0 Å². The number of nitrogens with one attached hydrogen (secondary N) is 1. The van der Waals surface area contributed by atoms with E-state index in [1.807, 2.05) is 18.2 Å². The van der Waals surface area contributed by atoms with E-state index in [-0.39, 0.29) is 0 Å². The van der Waals surface area contributed by atoms with Crippen LogP contribution in [0.2, 0.25) is 0 Å². The molecule has 0 bridgehead atoms. The van der Waals surface area contributed by atoms with Gasteiger partial charge in [-0.2, -0.15) is 0 Å². The molecule has 5 aromatic carbocycles. The van der Waals surface area contributed by atoms with Gasteiger partial charge in [-0.05, 0) is 53.9 Å². The van der Waals surface area contributed by atoms with Gasteiger partial charge in [0.2, 0.25) is 0 Å². The SMILES string of the molecule is c1ccc(Nc2cccc(N(c3ccccc3)c3cccc4ccccc34)c2)cc1. The Morgan fingerprint density at radius 3 is 1.90 bits per heavy atom. The molecule has 5 aromatic rings. The maximum atomic E-state index is 3.51. The van der Waals surface area contributed by atoms with Crippen molar-refractivity contribution in [1.29, 1.82) is 0 Å². The first-order valence-corrected chi connectivity index (χ1v) is 10.1. The number of hydrogen-bond acceptors (Lipinski definition) is 2. The molecular weight excluding hydrogens is 364 g/mol. The zero-order chi connectivity index (χ0) is 20.2. The van der Waals surface area contributed by atoms with Crippen LogP contribution in [-0.4, -0.2) is 0 Å². The van der Waals surface area contributed by atoms with Gasteiger partial charge in [-0.1, -0.05) is 78.9 Å². The lowest BCUT2D eigenvalue weighted by Crippen LogP contribution is -2.10. The maximum Gasteiger partial charge on any atom is 0.0540 e. The van der Waals surface area contributed by atoms with Gasteiger partial charge >= 0.3 is 0 Å². The van der Waals surface area contributed by atoms with Gasteiger partial charge < -0.3 is 10.2 Å². The maximum absolute atomic E-state index is 3.51. The molecule has 1 N–H and O–H groups in total. The number of benzene rings is 5. The van der Waals surface area contributed by atoms with Crippen LogP contribution >= 0.6 is 0 Å². The van der Waals surface area contributed by atoms with Crippen LogP contribution in [0.25, 0.3) is 10.8 Å². The molecule has 0 unspecified atom stereocenters. The van der Waals surface area contributed by atoms with Crippen LogP contribution in [0.4, 0.5) is 28.4 Å². The molecule has 0 atom stereocenters. The van der Waals surface area contributed by atoms with Crippen molar-refractivity contribution in [2.45, 2.75) is 0 Å². The van der Waals surface area contributed by atoms with Crippen LogP contribution in [0.5, 0.6) is 0 Å². The Labute approximate surface area is 177 Å².